The fraction of sp³-hybridized carbons (Fsp3) is 0.471. The average Bonchev–Trinajstić information content (AvgIpc) is 2.97. The molecule has 0 heterocycles. The van der Waals surface area contributed by atoms with Crippen LogP contribution >= 0.6 is 0 Å². The molecule has 0 spiro atoms. The number of benzene rings is 2. The van der Waals surface area contributed by atoms with Crippen molar-refractivity contribution in [3.05, 3.63) is 77.4 Å². The van der Waals surface area contributed by atoms with Crippen molar-refractivity contribution in [2.75, 3.05) is 14.1 Å². The standard InChI is InChI=1S/C34H47N5O5S/c1-22(2)27(19-23(3)30(40)38-45(43,44)26-18-14-15-24(20-26)21-35)39(10)32(42)29(33(4,5)6)37-31(41)28(36-9)34(7,8)25-16-12-11-13-17-25/h11-20,22,27-29,36H,1-10H3,(H,37,41)(H,38,40)/b23-19+/t27-,28-,29?/m1/s1. The normalized spacial score (nSPS) is 14.6. The Morgan fingerprint density at radius 1 is 0.956 bits per heavy atom. The van der Waals surface area contributed by atoms with Gasteiger partial charge in [0.15, 0.2) is 0 Å². The Balaban J connectivity index is 2.34. The van der Waals surface area contributed by atoms with Gasteiger partial charge in [0.1, 0.15) is 6.04 Å². The molecule has 0 bridgehead atoms. The maximum Gasteiger partial charge on any atom is 0.264 e. The van der Waals surface area contributed by atoms with Crippen molar-refractivity contribution in [2.45, 2.75) is 83.8 Å². The van der Waals surface area contributed by atoms with Crippen LogP contribution in [0, 0.1) is 22.7 Å². The Morgan fingerprint density at radius 3 is 2.07 bits per heavy atom. The third kappa shape index (κ3) is 9.25. The highest BCUT2D eigenvalue weighted by Gasteiger charge is 2.41. The Hall–Kier alpha value is -4.01. The molecule has 3 N–H and O–H groups in total. The van der Waals surface area contributed by atoms with E-state index in [0.717, 1.165) is 5.56 Å². The van der Waals surface area contributed by atoms with Gasteiger partial charge in [0.05, 0.1) is 28.6 Å². The minimum Gasteiger partial charge on any atom is -0.342 e. The third-order valence-electron chi connectivity index (χ3n) is 7.95. The number of carbonyl (C=O) groups excluding carboxylic acids is 3. The van der Waals surface area contributed by atoms with Crippen LogP contribution in [0.4, 0.5) is 0 Å². The largest absolute Gasteiger partial charge is 0.342 e. The zero-order valence-electron chi connectivity index (χ0n) is 27.9. The monoisotopic (exact) mass is 637 g/mol. The highest BCUT2D eigenvalue weighted by molar-refractivity contribution is 7.90. The van der Waals surface area contributed by atoms with E-state index in [0.29, 0.717) is 0 Å². The van der Waals surface area contributed by atoms with Crippen LogP contribution in [-0.2, 0) is 29.8 Å². The highest BCUT2D eigenvalue weighted by atomic mass is 32.2. The molecule has 10 nitrogen and oxygen atoms in total. The number of nitriles is 1. The second-order valence-electron chi connectivity index (χ2n) is 13.2. The van der Waals surface area contributed by atoms with Gasteiger partial charge >= 0.3 is 0 Å². The van der Waals surface area contributed by atoms with Gasteiger partial charge in [-0.05, 0) is 49.1 Å². The van der Waals surface area contributed by atoms with Gasteiger partial charge in [-0.3, -0.25) is 14.4 Å². The van der Waals surface area contributed by atoms with Crippen LogP contribution in [0.1, 0.15) is 66.5 Å². The van der Waals surface area contributed by atoms with Crippen molar-refractivity contribution in [1.82, 2.24) is 20.3 Å². The second-order valence-corrected chi connectivity index (χ2v) is 14.9. The third-order valence-corrected chi connectivity index (χ3v) is 9.28. The number of nitrogens with one attached hydrogen (secondary N) is 3. The van der Waals surface area contributed by atoms with Crippen LogP contribution in [0.15, 0.2) is 71.1 Å². The second kappa shape index (κ2) is 14.8. The van der Waals surface area contributed by atoms with Crippen molar-refractivity contribution in [2.24, 2.45) is 11.3 Å². The van der Waals surface area contributed by atoms with Gasteiger partial charge in [-0.2, -0.15) is 5.26 Å². The molecule has 0 aromatic heterocycles. The van der Waals surface area contributed by atoms with E-state index < -0.39 is 44.9 Å². The summed E-state index contributed by atoms with van der Waals surface area (Å²) in [6.45, 7) is 14.8. The lowest BCUT2D eigenvalue weighted by atomic mass is 9.76. The van der Waals surface area contributed by atoms with Crippen LogP contribution < -0.4 is 15.4 Å². The summed E-state index contributed by atoms with van der Waals surface area (Å²) in [6, 6.07) is 14.7. The predicted molar refractivity (Wildman–Crippen MR) is 175 cm³/mol. The number of likely N-dealkylation sites (N-methyl/N-ethyl adjacent to an activating group) is 2. The molecule has 1 unspecified atom stereocenters. The number of nitrogens with zero attached hydrogens (tertiary/aromatic N) is 2. The van der Waals surface area contributed by atoms with E-state index in [9.17, 15) is 22.8 Å². The molecule has 45 heavy (non-hydrogen) atoms. The summed E-state index contributed by atoms with van der Waals surface area (Å²) in [5, 5.41) is 15.2. The molecule has 0 fully saturated rings. The lowest BCUT2D eigenvalue weighted by Gasteiger charge is -2.40. The van der Waals surface area contributed by atoms with Crippen molar-refractivity contribution in [1.29, 1.82) is 5.26 Å². The smallest absolute Gasteiger partial charge is 0.264 e. The number of amides is 3. The highest BCUT2D eigenvalue weighted by Crippen LogP contribution is 2.29. The maximum absolute atomic E-state index is 14.1. The summed E-state index contributed by atoms with van der Waals surface area (Å²) in [4.78, 5) is 42.1. The SMILES string of the molecule is CN[C@H](C(=O)NC(C(=O)N(C)[C@H](/C=C(\C)C(=O)NS(=O)(=O)c1cccc(C#N)c1)C(C)C)C(C)(C)C)C(C)(C)c1ccccc1. The average molecular weight is 638 g/mol. The van der Waals surface area contributed by atoms with Gasteiger partial charge in [0.2, 0.25) is 11.8 Å². The summed E-state index contributed by atoms with van der Waals surface area (Å²) in [6.07, 6.45) is 1.55. The Bertz CT molecular complexity index is 1550. The van der Waals surface area contributed by atoms with Crippen LogP contribution in [0.5, 0.6) is 0 Å². The Morgan fingerprint density at radius 2 is 1.56 bits per heavy atom. The van der Waals surface area contributed by atoms with Crippen molar-refractivity contribution >= 4 is 27.7 Å². The first kappa shape index (κ1) is 37.2. The van der Waals surface area contributed by atoms with Gasteiger partial charge in [0, 0.05) is 18.0 Å². The van der Waals surface area contributed by atoms with Crippen LogP contribution in [0.2, 0.25) is 0 Å². The van der Waals surface area contributed by atoms with Gasteiger partial charge in [-0.1, -0.05) is 90.9 Å². The van der Waals surface area contributed by atoms with Gasteiger partial charge in [-0.15, -0.1) is 0 Å². The number of sulfonamides is 1. The number of hydrogen-bond acceptors (Lipinski definition) is 7. The van der Waals surface area contributed by atoms with E-state index in [2.05, 4.69) is 10.6 Å². The summed E-state index contributed by atoms with van der Waals surface area (Å²) in [5.74, 6) is -1.70. The first-order valence-corrected chi connectivity index (χ1v) is 16.3. The topological polar surface area (TPSA) is 148 Å². The first-order chi connectivity index (χ1) is 20.8. The van der Waals surface area contributed by atoms with Crippen molar-refractivity contribution in [3.8, 4) is 6.07 Å². The summed E-state index contributed by atoms with van der Waals surface area (Å²) < 4.78 is 27.7. The molecule has 244 valence electrons. The molecule has 2 aromatic carbocycles. The zero-order valence-corrected chi connectivity index (χ0v) is 28.7. The molecule has 11 heteroatoms. The molecule has 2 rings (SSSR count). The Labute approximate surface area is 268 Å². The molecule has 0 aliphatic heterocycles. The molecular weight excluding hydrogens is 590 g/mol. The lowest BCUT2D eigenvalue weighted by molar-refractivity contribution is -0.140. The van der Waals surface area contributed by atoms with Crippen molar-refractivity contribution < 1.29 is 22.8 Å². The van der Waals surface area contributed by atoms with Gasteiger partial charge in [0.25, 0.3) is 15.9 Å². The van der Waals surface area contributed by atoms with E-state index in [4.69, 9.17) is 5.26 Å². The molecule has 3 amide bonds. The molecule has 0 saturated heterocycles. The summed E-state index contributed by atoms with van der Waals surface area (Å²) >= 11 is 0. The molecule has 0 saturated carbocycles. The summed E-state index contributed by atoms with van der Waals surface area (Å²) in [5.41, 5.74) is -0.0671. The van der Waals surface area contributed by atoms with E-state index in [1.807, 2.05) is 89.6 Å². The molecule has 0 aliphatic carbocycles. The van der Waals surface area contributed by atoms with Gasteiger partial charge in [-0.25, -0.2) is 13.1 Å². The zero-order chi connectivity index (χ0) is 34.3. The van der Waals surface area contributed by atoms with Crippen LogP contribution in [0.25, 0.3) is 0 Å². The maximum atomic E-state index is 14.1. The fourth-order valence-electron chi connectivity index (χ4n) is 5.16. The Kier molecular flexibility index (Phi) is 12.3. The molecule has 2 aromatic rings. The van der Waals surface area contributed by atoms with Crippen LogP contribution in [0.3, 0.4) is 0 Å². The minimum absolute atomic E-state index is 0.0876. The van der Waals surface area contributed by atoms with E-state index >= 15 is 0 Å². The van der Waals surface area contributed by atoms with Crippen LogP contribution in [-0.4, -0.2) is 63.3 Å². The van der Waals surface area contributed by atoms with E-state index in [1.54, 1.807) is 20.2 Å². The lowest BCUT2D eigenvalue weighted by Crippen LogP contribution is -2.61. The number of rotatable bonds is 12. The quantitative estimate of drug-likeness (QED) is 0.299. The minimum atomic E-state index is -4.24. The fourth-order valence-corrected chi connectivity index (χ4v) is 6.22. The van der Waals surface area contributed by atoms with Crippen molar-refractivity contribution in [3.63, 3.8) is 0 Å². The molecule has 0 radical (unpaired) electrons. The first-order valence-electron chi connectivity index (χ1n) is 14.8. The predicted octanol–water partition coefficient (Wildman–Crippen LogP) is 3.89. The number of carbonyl (C=O) groups is 3. The molecule has 0 aliphatic rings. The molecular formula is C34H47N5O5S. The number of hydrogen-bond donors (Lipinski definition) is 3. The van der Waals surface area contributed by atoms with Gasteiger partial charge < -0.3 is 15.5 Å². The van der Waals surface area contributed by atoms with E-state index in [1.165, 1.54) is 36.1 Å². The summed E-state index contributed by atoms with van der Waals surface area (Å²) in [7, 11) is -0.929. The molecule has 3 atom stereocenters. The van der Waals surface area contributed by atoms with E-state index in [-0.39, 0.29) is 33.8 Å².